The molecule has 130 valence electrons. The standard InChI is InChI=1S/C19H28N4O/c1-15-7-2-3-12-23(15)16-13-22(14-16)18-17(8-6-9-20-18)19(24)21-10-4-5-11-21/h6,8-9,15-16H,2-5,7,10-14H2,1H3. The fraction of sp³-hybridized carbons (Fsp3) is 0.684. The lowest BCUT2D eigenvalue weighted by atomic mass is 9.97. The Balaban J connectivity index is 1.45. The molecule has 5 nitrogen and oxygen atoms in total. The summed E-state index contributed by atoms with van der Waals surface area (Å²) in [6, 6.07) is 5.15. The lowest BCUT2D eigenvalue weighted by Gasteiger charge is -2.50. The maximum atomic E-state index is 12.8. The van der Waals surface area contributed by atoms with Crippen LogP contribution in [0.2, 0.25) is 0 Å². The van der Waals surface area contributed by atoms with E-state index >= 15 is 0 Å². The molecule has 1 atom stereocenters. The van der Waals surface area contributed by atoms with E-state index in [1.165, 1.54) is 25.8 Å². The van der Waals surface area contributed by atoms with Crippen LogP contribution in [-0.4, -0.2) is 65.5 Å². The van der Waals surface area contributed by atoms with Crippen molar-refractivity contribution in [3.05, 3.63) is 23.9 Å². The summed E-state index contributed by atoms with van der Waals surface area (Å²) in [5.74, 6) is 1.04. The molecule has 1 amide bonds. The van der Waals surface area contributed by atoms with Gasteiger partial charge in [0, 0.05) is 44.5 Å². The molecule has 0 bridgehead atoms. The molecule has 0 radical (unpaired) electrons. The van der Waals surface area contributed by atoms with Crippen LogP contribution in [0.3, 0.4) is 0 Å². The molecule has 24 heavy (non-hydrogen) atoms. The predicted molar refractivity (Wildman–Crippen MR) is 95.4 cm³/mol. The highest BCUT2D eigenvalue weighted by molar-refractivity contribution is 5.99. The largest absolute Gasteiger partial charge is 0.353 e. The van der Waals surface area contributed by atoms with Crippen molar-refractivity contribution in [1.82, 2.24) is 14.8 Å². The van der Waals surface area contributed by atoms with Crippen LogP contribution in [-0.2, 0) is 0 Å². The molecular weight excluding hydrogens is 300 g/mol. The lowest BCUT2D eigenvalue weighted by Crippen LogP contribution is -2.62. The zero-order chi connectivity index (χ0) is 16.5. The summed E-state index contributed by atoms with van der Waals surface area (Å²) in [5, 5.41) is 0. The van der Waals surface area contributed by atoms with E-state index in [2.05, 4.69) is 21.7 Å². The van der Waals surface area contributed by atoms with E-state index in [0.717, 1.165) is 50.4 Å². The van der Waals surface area contributed by atoms with E-state index < -0.39 is 0 Å². The quantitative estimate of drug-likeness (QED) is 0.854. The van der Waals surface area contributed by atoms with E-state index in [1.54, 1.807) is 0 Å². The number of hydrogen-bond donors (Lipinski definition) is 0. The topological polar surface area (TPSA) is 39.7 Å². The first-order chi connectivity index (χ1) is 11.7. The van der Waals surface area contributed by atoms with Crippen LogP contribution in [0.1, 0.15) is 49.4 Å². The van der Waals surface area contributed by atoms with Crippen molar-refractivity contribution >= 4 is 11.7 Å². The molecule has 3 aliphatic rings. The minimum Gasteiger partial charge on any atom is -0.353 e. The number of nitrogens with zero attached hydrogens (tertiary/aromatic N) is 4. The molecular formula is C19H28N4O. The van der Waals surface area contributed by atoms with Gasteiger partial charge in [0.1, 0.15) is 5.82 Å². The highest BCUT2D eigenvalue weighted by atomic mass is 16.2. The molecule has 4 heterocycles. The maximum Gasteiger partial charge on any atom is 0.257 e. The van der Waals surface area contributed by atoms with Crippen molar-refractivity contribution in [2.75, 3.05) is 37.6 Å². The summed E-state index contributed by atoms with van der Waals surface area (Å²) in [6.45, 7) is 7.36. The average molecular weight is 328 g/mol. The van der Waals surface area contributed by atoms with Gasteiger partial charge in [-0.15, -0.1) is 0 Å². The average Bonchev–Trinajstić information content (AvgIpc) is 3.09. The van der Waals surface area contributed by atoms with Crippen LogP contribution in [0.4, 0.5) is 5.82 Å². The van der Waals surface area contributed by atoms with Gasteiger partial charge in [-0.25, -0.2) is 4.98 Å². The zero-order valence-electron chi connectivity index (χ0n) is 14.7. The summed E-state index contributed by atoms with van der Waals surface area (Å²) in [4.78, 5) is 24.3. The van der Waals surface area contributed by atoms with E-state index in [0.29, 0.717) is 12.1 Å². The number of aromatic nitrogens is 1. The highest BCUT2D eigenvalue weighted by Gasteiger charge is 2.37. The number of carbonyl (C=O) groups excluding carboxylic acids is 1. The predicted octanol–water partition coefficient (Wildman–Crippen LogP) is 2.38. The van der Waals surface area contributed by atoms with Crippen molar-refractivity contribution in [3.63, 3.8) is 0 Å². The van der Waals surface area contributed by atoms with Gasteiger partial charge in [-0.3, -0.25) is 9.69 Å². The first kappa shape index (κ1) is 15.9. The van der Waals surface area contributed by atoms with Gasteiger partial charge < -0.3 is 9.80 Å². The van der Waals surface area contributed by atoms with Gasteiger partial charge >= 0.3 is 0 Å². The third kappa shape index (κ3) is 2.90. The molecule has 1 aromatic heterocycles. The maximum absolute atomic E-state index is 12.8. The number of hydrogen-bond acceptors (Lipinski definition) is 4. The smallest absolute Gasteiger partial charge is 0.257 e. The van der Waals surface area contributed by atoms with Crippen LogP contribution >= 0.6 is 0 Å². The molecule has 3 aliphatic heterocycles. The zero-order valence-corrected chi connectivity index (χ0v) is 14.7. The highest BCUT2D eigenvalue weighted by Crippen LogP contribution is 2.30. The molecule has 1 unspecified atom stereocenters. The second-order valence-electron chi connectivity index (χ2n) is 7.52. The molecule has 0 aliphatic carbocycles. The van der Waals surface area contributed by atoms with Gasteiger partial charge in [0.25, 0.3) is 5.91 Å². The third-order valence-electron chi connectivity index (χ3n) is 5.90. The summed E-state index contributed by atoms with van der Waals surface area (Å²) in [7, 11) is 0. The van der Waals surface area contributed by atoms with Gasteiger partial charge in [0.2, 0.25) is 0 Å². The van der Waals surface area contributed by atoms with Gasteiger partial charge in [-0.05, 0) is 51.3 Å². The molecule has 1 aromatic rings. The normalized spacial score (nSPS) is 25.8. The van der Waals surface area contributed by atoms with Gasteiger partial charge in [-0.1, -0.05) is 6.42 Å². The number of anilines is 1. The van der Waals surface area contributed by atoms with Crippen molar-refractivity contribution in [2.24, 2.45) is 0 Å². The number of likely N-dealkylation sites (tertiary alicyclic amines) is 2. The minimum atomic E-state index is 0.158. The van der Waals surface area contributed by atoms with Crippen molar-refractivity contribution < 1.29 is 4.79 Å². The first-order valence-corrected chi connectivity index (χ1v) is 9.49. The molecule has 3 fully saturated rings. The Bertz CT molecular complexity index is 593. The molecule has 0 aromatic carbocycles. The Morgan fingerprint density at radius 1 is 1.12 bits per heavy atom. The van der Waals surface area contributed by atoms with Crippen molar-refractivity contribution in [2.45, 2.75) is 51.1 Å². The van der Waals surface area contributed by atoms with E-state index in [4.69, 9.17) is 0 Å². The van der Waals surface area contributed by atoms with Gasteiger partial charge in [0.05, 0.1) is 5.56 Å². The summed E-state index contributed by atoms with van der Waals surface area (Å²) in [5.41, 5.74) is 0.782. The Morgan fingerprint density at radius 2 is 1.88 bits per heavy atom. The Morgan fingerprint density at radius 3 is 2.62 bits per heavy atom. The van der Waals surface area contributed by atoms with Crippen LogP contribution in [0.5, 0.6) is 0 Å². The first-order valence-electron chi connectivity index (χ1n) is 9.49. The van der Waals surface area contributed by atoms with Gasteiger partial charge in [-0.2, -0.15) is 0 Å². The summed E-state index contributed by atoms with van der Waals surface area (Å²) in [6.07, 6.45) is 8.07. The molecule has 5 heteroatoms. The second-order valence-corrected chi connectivity index (χ2v) is 7.52. The molecule has 0 N–H and O–H groups in total. The molecule has 0 spiro atoms. The van der Waals surface area contributed by atoms with Crippen molar-refractivity contribution in [3.8, 4) is 0 Å². The Hall–Kier alpha value is -1.62. The molecule has 4 rings (SSSR count). The minimum absolute atomic E-state index is 0.158. The van der Waals surface area contributed by atoms with Crippen molar-refractivity contribution in [1.29, 1.82) is 0 Å². The Labute approximate surface area is 144 Å². The van der Waals surface area contributed by atoms with Crippen LogP contribution < -0.4 is 4.90 Å². The molecule has 0 saturated carbocycles. The SMILES string of the molecule is CC1CCCCN1C1CN(c2ncccc2C(=O)N2CCCC2)C1. The van der Waals surface area contributed by atoms with Crippen LogP contribution in [0.15, 0.2) is 18.3 Å². The lowest BCUT2D eigenvalue weighted by molar-refractivity contribution is 0.0785. The number of pyridine rings is 1. The van der Waals surface area contributed by atoms with E-state index in [9.17, 15) is 4.79 Å². The second kappa shape index (κ2) is 6.71. The summed E-state index contributed by atoms with van der Waals surface area (Å²) < 4.78 is 0. The molecule has 3 saturated heterocycles. The number of rotatable bonds is 3. The van der Waals surface area contributed by atoms with E-state index in [-0.39, 0.29) is 5.91 Å². The Kier molecular flexibility index (Phi) is 4.44. The van der Waals surface area contributed by atoms with Gasteiger partial charge in [0.15, 0.2) is 0 Å². The monoisotopic (exact) mass is 328 g/mol. The van der Waals surface area contributed by atoms with Crippen LogP contribution in [0.25, 0.3) is 0 Å². The summed E-state index contributed by atoms with van der Waals surface area (Å²) >= 11 is 0. The van der Waals surface area contributed by atoms with Crippen LogP contribution in [0, 0.1) is 0 Å². The number of carbonyl (C=O) groups is 1. The fourth-order valence-electron chi connectivity index (χ4n) is 4.41. The third-order valence-corrected chi connectivity index (χ3v) is 5.90. The van der Waals surface area contributed by atoms with E-state index in [1.807, 2.05) is 23.2 Å². The fourth-order valence-corrected chi connectivity index (χ4v) is 4.41. The number of amides is 1. The number of piperidine rings is 1.